The minimum absolute atomic E-state index is 0.109. The molecule has 0 aromatic carbocycles. The first-order valence-corrected chi connectivity index (χ1v) is 5.26. The van der Waals surface area contributed by atoms with E-state index in [1.54, 1.807) is 6.07 Å². The maximum Gasteiger partial charge on any atom is 0.261 e. The number of nitrogens with zero attached hydrogens (tertiary/aromatic N) is 1. The van der Waals surface area contributed by atoms with Gasteiger partial charge in [-0.05, 0) is 19.1 Å². The number of rotatable bonds is 4. The zero-order valence-electron chi connectivity index (χ0n) is 8.36. The van der Waals surface area contributed by atoms with Gasteiger partial charge in [-0.25, -0.2) is 0 Å². The van der Waals surface area contributed by atoms with E-state index >= 15 is 0 Å². The third kappa shape index (κ3) is 3.59. The Balaban J connectivity index is 2.37. The monoisotopic (exact) mass is 227 g/mol. The van der Waals surface area contributed by atoms with Gasteiger partial charge in [0.1, 0.15) is 5.84 Å². The van der Waals surface area contributed by atoms with Crippen LogP contribution in [0.15, 0.2) is 17.3 Å². The summed E-state index contributed by atoms with van der Waals surface area (Å²) in [4.78, 5) is 13.3. The van der Waals surface area contributed by atoms with Gasteiger partial charge >= 0.3 is 0 Å². The second kappa shape index (κ2) is 5.35. The van der Waals surface area contributed by atoms with Crippen molar-refractivity contribution in [3.63, 3.8) is 0 Å². The topological polar surface area (TPSA) is 87.7 Å². The van der Waals surface area contributed by atoms with Crippen LogP contribution in [-0.2, 0) is 0 Å². The normalized spacial score (nSPS) is 11.4. The van der Waals surface area contributed by atoms with Crippen molar-refractivity contribution in [1.82, 2.24) is 5.32 Å². The predicted molar refractivity (Wildman–Crippen MR) is 59.4 cm³/mol. The molecule has 0 spiro atoms. The van der Waals surface area contributed by atoms with E-state index < -0.39 is 0 Å². The van der Waals surface area contributed by atoms with Crippen molar-refractivity contribution in [3.8, 4) is 0 Å². The molecule has 0 aliphatic heterocycles. The molecule has 1 rings (SSSR count). The van der Waals surface area contributed by atoms with Gasteiger partial charge in [-0.3, -0.25) is 4.79 Å². The first-order chi connectivity index (χ1) is 7.13. The molecule has 1 aromatic heterocycles. The average molecular weight is 227 g/mol. The lowest BCUT2D eigenvalue weighted by Gasteiger charge is -2.01. The quantitative estimate of drug-likeness (QED) is 0.309. The van der Waals surface area contributed by atoms with Gasteiger partial charge in [-0.1, -0.05) is 5.16 Å². The Morgan fingerprint density at radius 2 is 2.40 bits per heavy atom. The molecule has 4 N–H and O–H groups in total. The summed E-state index contributed by atoms with van der Waals surface area (Å²) in [7, 11) is 0. The molecule has 0 aliphatic rings. The molecule has 0 fully saturated rings. The van der Waals surface area contributed by atoms with Crippen LogP contribution in [-0.4, -0.2) is 23.5 Å². The number of amidine groups is 1. The van der Waals surface area contributed by atoms with Crippen LogP contribution in [0.25, 0.3) is 0 Å². The Bertz CT molecular complexity index is 373. The summed E-state index contributed by atoms with van der Waals surface area (Å²) in [6, 6.07) is 3.67. The number of oxime groups is 1. The predicted octanol–water partition coefficient (Wildman–Crippen LogP) is 0.923. The van der Waals surface area contributed by atoms with Gasteiger partial charge in [-0.2, -0.15) is 0 Å². The Labute approximate surface area is 91.6 Å². The van der Waals surface area contributed by atoms with Gasteiger partial charge in [0.2, 0.25) is 0 Å². The number of carbonyl (C=O) groups excluding carboxylic acids is 1. The zero-order chi connectivity index (χ0) is 11.3. The van der Waals surface area contributed by atoms with Gasteiger partial charge < -0.3 is 16.3 Å². The van der Waals surface area contributed by atoms with Crippen LogP contribution in [0.2, 0.25) is 0 Å². The van der Waals surface area contributed by atoms with Crippen LogP contribution >= 0.6 is 11.3 Å². The second-order valence-corrected chi connectivity index (χ2v) is 4.30. The molecule has 0 unspecified atom stereocenters. The summed E-state index contributed by atoms with van der Waals surface area (Å²) in [5.41, 5.74) is 5.25. The molecule has 0 bridgehead atoms. The SMILES string of the molecule is Cc1ccc(C(=O)NCCC(N)=NO)s1. The largest absolute Gasteiger partial charge is 0.409 e. The maximum absolute atomic E-state index is 11.5. The summed E-state index contributed by atoms with van der Waals surface area (Å²) >= 11 is 1.44. The van der Waals surface area contributed by atoms with E-state index in [9.17, 15) is 4.79 Å². The third-order valence-corrected chi connectivity index (χ3v) is 2.76. The summed E-state index contributed by atoms with van der Waals surface area (Å²) in [5, 5.41) is 13.8. The molecule has 1 heterocycles. The van der Waals surface area contributed by atoms with Crippen molar-refractivity contribution in [2.24, 2.45) is 10.9 Å². The second-order valence-electron chi connectivity index (χ2n) is 3.01. The number of amides is 1. The highest BCUT2D eigenvalue weighted by molar-refractivity contribution is 7.13. The fourth-order valence-corrected chi connectivity index (χ4v) is 1.78. The van der Waals surface area contributed by atoms with Gasteiger partial charge in [-0.15, -0.1) is 11.3 Å². The number of carbonyl (C=O) groups is 1. The molecule has 0 radical (unpaired) electrons. The number of hydrogen-bond donors (Lipinski definition) is 3. The first kappa shape index (κ1) is 11.5. The molecular formula is C9H13N3O2S. The van der Waals surface area contributed by atoms with Crippen LogP contribution in [0.5, 0.6) is 0 Å². The fraction of sp³-hybridized carbons (Fsp3) is 0.333. The van der Waals surface area contributed by atoms with Crippen molar-refractivity contribution in [3.05, 3.63) is 21.9 Å². The highest BCUT2D eigenvalue weighted by Crippen LogP contribution is 2.14. The van der Waals surface area contributed by atoms with Crippen molar-refractivity contribution in [1.29, 1.82) is 0 Å². The fourth-order valence-electron chi connectivity index (χ4n) is 0.998. The van der Waals surface area contributed by atoms with Crippen LogP contribution in [0, 0.1) is 6.92 Å². The summed E-state index contributed by atoms with van der Waals surface area (Å²) in [6.07, 6.45) is 0.340. The number of thiophene rings is 1. The van der Waals surface area contributed by atoms with Gasteiger partial charge in [0.05, 0.1) is 4.88 Å². The molecule has 1 amide bonds. The summed E-state index contributed by atoms with van der Waals surface area (Å²) in [5.74, 6) is -0.0171. The van der Waals surface area contributed by atoms with E-state index in [1.165, 1.54) is 11.3 Å². The van der Waals surface area contributed by atoms with Crippen molar-refractivity contribution in [2.75, 3.05) is 6.54 Å². The van der Waals surface area contributed by atoms with Crippen molar-refractivity contribution in [2.45, 2.75) is 13.3 Å². The Morgan fingerprint density at radius 1 is 1.67 bits per heavy atom. The number of nitrogens with two attached hydrogens (primary N) is 1. The Morgan fingerprint density at radius 3 is 2.93 bits per heavy atom. The van der Waals surface area contributed by atoms with Gasteiger partial charge in [0.15, 0.2) is 0 Å². The number of aryl methyl sites for hydroxylation is 1. The molecule has 6 heteroatoms. The molecule has 15 heavy (non-hydrogen) atoms. The smallest absolute Gasteiger partial charge is 0.261 e. The Hall–Kier alpha value is -1.56. The lowest BCUT2D eigenvalue weighted by atomic mass is 10.3. The molecule has 0 atom stereocenters. The van der Waals surface area contributed by atoms with E-state index in [4.69, 9.17) is 10.9 Å². The highest BCUT2D eigenvalue weighted by atomic mass is 32.1. The molecule has 82 valence electrons. The number of nitrogens with one attached hydrogen (secondary N) is 1. The van der Waals surface area contributed by atoms with Gasteiger partial charge in [0.25, 0.3) is 5.91 Å². The number of hydrogen-bond acceptors (Lipinski definition) is 4. The lowest BCUT2D eigenvalue weighted by molar-refractivity contribution is 0.0958. The molecule has 0 saturated carbocycles. The minimum atomic E-state index is -0.126. The summed E-state index contributed by atoms with van der Waals surface area (Å²) in [6.45, 7) is 2.31. The molecule has 5 nitrogen and oxygen atoms in total. The molecular weight excluding hydrogens is 214 g/mol. The minimum Gasteiger partial charge on any atom is -0.409 e. The molecule has 0 aliphatic carbocycles. The zero-order valence-corrected chi connectivity index (χ0v) is 9.17. The third-order valence-electron chi connectivity index (χ3n) is 1.76. The maximum atomic E-state index is 11.5. The van der Waals surface area contributed by atoms with E-state index in [0.29, 0.717) is 17.8 Å². The van der Waals surface area contributed by atoms with Crippen molar-refractivity contribution >= 4 is 23.1 Å². The van der Waals surface area contributed by atoms with Crippen LogP contribution in [0.1, 0.15) is 21.0 Å². The van der Waals surface area contributed by atoms with E-state index in [1.807, 2.05) is 13.0 Å². The van der Waals surface area contributed by atoms with E-state index in [0.717, 1.165) is 4.88 Å². The first-order valence-electron chi connectivity index (χ1n) is 4.44. The molecule has 0 saturated heterocycles. The lowest BCUT2D eigenvalue weighted by Crippen LogP contribution is -2.27. The van der Waals surface area contributed by atoms with Gasteiger partial charge in [0, 0.05) is 17.8 Å². The van der Waals surface area contributed by atoms with E-state index in [-0.39, 0.29) is 11.7 Å². The van der Waals surface area contributed by atoms with Crippen molar-refractivity contribution < 1.29 is 10.0 Å². The van der Waals surface area contributed by atoms with Crippen LogP contribution in [0.3, 0.4) is 0 Å². The van der Waals surface area contributed by atoms with Crippen LogP contribution < -0.4 is 11.1 Å². The Kier molecular flexibility index (Phi) is 4.11. The average Bonchev–Trinajstić information content (AvgIpc) is 2.64. The molecule has 1 aromatic rings. The van der Waals surface area contributed by atoms with Crippen LogP contribution in [0.4, 0.5) is 0 Å². The highest BCUT2D eigenvalue weighted by Gasteiger charge is 2.06. The van der Waals surface area contributed by atoms with E-state index in [2.05, 4.69) is 10.5 Å². The summed E-state index contributed by atoms with van der Waals surface area (Å²) < 4.78 is 0. The standard InChI is InChI=1S/C9H13N3O2S/c1-6-2-3-7(15-6)9(13)11-5-4-8(10)12-14/h2-3,14H,4-5H2,1H3,(H2,10,12)(H,11,13).